The average molecular weight is 356 g/mol. The van der Waals surface area contributed by atoms with Crippen LogP contribution in [0.1, 0.15) is 29.7 Å². The highest BCUT2D eigenvalue weighted by molar-refractivity contribution is 9.10. The van der Waals surface area contributed by atoms with Gasteiger partial charge in [0.05, 0.1) is 11.1 Å². The minimum Gasteiger partial charge on any atom is -0.493 e. The summed E-state index contributed by atoms with van der Waals surface area (Å²) >= 11 is 9.49. The van der Waals surface area contributed by atoms with Gasteiger partial charge in [-0.25, -0.2) is 0 Å². The van der Waals surface area contributed by atoms with E-state index in [0.717, 1.165) is 26.9 Å². The summed E-state index contributed by atoms with van der Waals surface area (Å²) in [6.07, 6.45) is -0.709. The van der Waals surface area contributed by atoms with Gasteiger partial charge in [0.2, 0.25) is 0 Å². The topological polar surface area (TPSA) is 29.5 Å². The molecule has 2 aromatic carbocycles. The molecule has 1 N–H and O–H groups in total. The van der Waals surface area contributed by atoms with Gasteiger partial charge in [-0.05, 0) is 70.7 Å². The first-order valence-corrected chi connectivity index (χ1v) is 7.55. The van der Waals surface area contributed by atoms with Gasteiger partial charge in [-0.2, -0.15) is 0 Å². The summed E-state index contributed by atoms with van der Waals surface area (Å²) in [6, 6.07) is 11.2. The van der Waals surface area contributed by atoms with Gasteiger partial charge in [-0.3, -0.25) is 0 Å². The molecule has 0 aliphatic rings. The number of aliphatic hydroxyl groups is 1. The van der Waals surface area contributed by atoms with Crippen LogP contribution in [0.3, 0.4) is 0 Å². The Morgan fingerprint density at radius 1 is 1.20 bits per heavy atom. The fraction of sp³-hybridized carbons (Fsp3) is 0.250. The maximum Gasteiger partial charge on any atom is 0.133 e. The van der Waals surface area contributed by atoms with Gasteiger partial charge in [0.15, 0.2) is 0 Å². The summed E-state index contributed by atoms with van der Waals surface area (Å²) in [4.78, 5) is 0. The molecule has 0 fully saturated rings. The molecule has 0 saturated carbocycles. The summed E-state index contributed by atoms with van der Waals surface area (Å²) in [5.74, 6) is 0.769. The molecule has 0 aliphatic heterocycles. The Kier molecular flexibility index (Phi) is 5.08. The van der Waals surface area contributed by atoms with Crippen LogP contribution in [0.2, 0.25) is 5.02 Å². The lowest BCUT2D eigenvalue weighted by Gasteiger charge is -2.14. The van der Waals surface area contributed by atoms with Gasteiger partial charge >= 0.3 is 0 Å². The third kappa shape index (κ3) is 3.54. The minimum absolute atomic E-state index is 0.605. The Labute approximate surface area is 132 Å². The summed E-state index contributed by atoms with van der Waals surface area (Å²) < 4.78 is 6.29. The lowest BCUT2D eigenvalue weighted by Crippen LogP contribution is -2.01. The Bertz CT molecular complexity index is 593. The zero-order valence-corrected chi connectivity index (χ0v) is 13.7. The number of rotatable bonds is 4. The van der Waals surface area contributed by atoms with Crippen molar-refractivity contribution in [1.82, 2.24) is 0 Å². The number of hydrogen-bond acceptors (Lipinski definition) is 2. The number of aliphatic hydroxyl groups excluding tert-OH is 1. The average Bonchev–Trinajstić information content (AvgIpc) is 2.39. The molecule has 0 amide bonds. The second-order valence-corrected chi connectivity index (χ2v) is 5.88. The van der Waals surface area contributed by atoms with E-state index in [1.165, 1.54) is 0 Å². The van der Waals surface area contributed by atoms with Crippen molar-refractivity contribution in [3.63, 3.8) is 0 Å². The van der Waals surface area contributed by atoms with Crippen LogP contribution in [0.5, 0.6) is 5.75 Å². The molecule has 1 unspecified atom stereocenters. The highest BCUT2D eigenvalue weighted by Crippen LogP contribution is 2.31. The third-order valence-corrected chi connectivity index (χ3v) is 3.79. The number of ether oxygens (including phenoxy) is 1. The molecule has 0 spiro atoms. The number of hydrogen-bond donors (Lipinski definition) is 1. The van der Waals surface area contributed by atoms with Gasteiger partial charge in [0.25, 0.3) is 0 Å². The van der Waals surface area contributed by atoms with Gasteiger partial charge < -0.3 is 9.84 Å². The lowest BCUT2D eigenvalue weighted by atomic mass is 10.00. The van der Waals surface area contributed by atoms with Gasteiger partial charge in [-0.15, -0.1) is 0 Å². The highest BCUT2D eigenvalue weighted by atomic mass is 79.9. The molecule has 0 saturated heterocycles. The van der Waals surface area contributed by atoms with E-state index < -0.39 is 6.10 Å². The maximum absolute atomic E-state index is 10.5. The monoisotopic (exact) mass is 354 g/mol. The van der Waals surface area contributed by atoms with Crippen LogP contribution < -0.4 is 4.74 Å². The molecule has 2 rings (SSSR count). The van der Waals surface area contributed by atoms with E-state index >= 15 is 0 Å². The van der Waals surface area contributed by atoms with Crippen molar-refractivity contribution < 1.29 is 9.84 Å². The summed E-state index contributed by atoms with van der Waals surface area (Å²) in [6.45, 7) is 4.49. The molecule has 20 heavy (non-hydrogen) atoms. The zero-order valence-electron chi connectivity index (χ0n) is 11.4. The van der Waals surface area contributed by atoms with Gasteiger partial charge in [-0.1, -0.05) is 23.7 Å². The first-order valence-electron chi connectivity index (χ1n) is 6.38. The highest BCUT2D eigenvalue weighted by Gasteiger charge is 2.13. The van der Waals surface area contributed by atoms with Gasteiger partial charge in [0.1, 0.15) is 11.9 Å². The quantitative estimate of drug-likeness (QED) is 0.846. The number of benzene rings is 2. The zero-order chi connectivity index (χ0) is 14.7. The van der Waals surface area contributed by atoms with E-state index in [2.05, 4.69) is 15.9 Å². The Morgan fingerprint density at radius 3 is 2.55 bits per heavy atom. The normalized spacial score (nSPS) is 12.2. The molecule has 0 bridgehead atoms. The molecule has 2 nitrogen and oxygen atoms in total. The smallest absolute Gasteiger partial charge is 0.133 e. The number of aryl methyl sites for hydroxylation is 1. The van der Waals surface area contributed by atoms with Crippen LogP contribution in [0.15, 0.2) is 40.9 Å². The Morgan fingerprint density at radius 2 is 1.95 bits per heavy atom. The molecule has 106 valence electrons. The summed E-state index contributed by atoms with van der Waals surface area (Å²) in [7, 11) is 0. The van der Waals surface area contributed by atoms with Crippen LogP contribution in [-0.4, -0.2) is 11.7 Å². The first kappa shape index (κ1) is 15.4. The molecular formula is C16H16BrClO2. The van der Waals surface area contributed by atoms with Crippen molar-refractivity contribution in [3.8, 4) is 5.75 Å². The fourth-order valence-corrected chi connectivity index (χ4v) is 2.88. The predicted octanol–water partition coefficient (Wildman–Crippen LogP) is 4.89. The minimum atomic E-state index is -0.709. The van der Waals surface area contributed by atoms with Gasteiger partial charge in [0, 0.05) is 5.02 Å². The summed E-state index contributed by atoms with van der Waals surface area (Å²) in [5.41, 5.74) is 2.60. The summed E-state index contributed by atoms with van der Waals surface area (Å²) in [5, 5.41) is 11.1. The Balaban J connectivity index is 2.33. The van der Waals surface area contributed by atoms with Crippen LogP contribution in [0, 0.1) is 6.92 Å². The molecule has 0 heterocycles. The first-order chi connectivity index (χ1) is 9.51. The largest absolute Gasteiger partial charge is 0.493 e. The standard InChI is InChI=1S/C16H16BrClO2/c1-3-20-15-5-4-11(9-14(15)17)16(19)12-6-10(2)7-13(18)8-12/h4-9,16,19H,3H2,1-2H3. The predicted molar refractivity (Wildman–Crippen MR) is 85.6 cm³/mol. The SMILES string of the molecule is CCOc1ccc(C(O)c2cc(C)cc(Cl)c2)cc1Br. The van der Waals surface area contributed by atoms with E-state index in [0.29, 0.717) is 11.6 Å². The molecule has 4 heteroatoms. The second kappa shape index (κ2) is 6.61. The van der Waals surface area contributed by atoms with Crippen LogP contribution in [0.25, 0.3) is 0 Å². The van der Waals surface area contributed by atoms with Crippen molar-refractivity contribution in [1.29, 1.82) is 0 Å². The lowest BCUT2D eigenvalue weighted by molar-refractivity contribution is 0.220. The third-order valence-electron chi connectivity index (χ3n) is 2.95. The van der Waals surface area contributed by atoms with E-state index in [4.69, 9.17) is 16.3 Å². The molecule has 1 atom stereocenters. The van der Waals surface area contributed by atoms with Crippen molar-refractivity contribution in [2.75, 3.05) is 6.61 Å². The van der Waals surface area contributed by atoms with Crippen molar-refractivity contribution in [2.45, 2.75) is 20.0 Å². The Hall–Kier alpha value is -1.03. The molecule has 0 radical (unpaired) electrons. The van der Waals surface area contributed by atoms with Crippen molar-refractivity contribution in [2.24, 2.45) is 0 Å². The second-order valence-electron chi connectivity index (χ2n) is 4.59. The molecular weight excluding hydrogens is 340 g/mol. The van der Waals surface area contributed by atoms with Crippen molar-refractivity contribution >= 4 is 27.5 Å². The van der Waals surface area contributed by atoms with Crippen LogP contribution in [-0.2, 0) is 0 Å². The molecule has 0 aromatic heterocycles. The van der Waals surface area contributed by atoms with E-state index in [9.17, 15) is 5.11 Å². The van der Waals surface area contributed by atoms with Crippen molar-refractivity contribution in [3.05, 3.63) is 62.6 Å². The molecule has 0 aliphatic carbocycles. The van der Waals surface area contributed by atoms with E-state index in [-0.39, 0.29) is 0 Å². The van der Waals surface area contributed by atoms with Crippen LogP contribution >= 0.6 is 27.5 Å². The molecule has 2 aromatic rings. The van der Waals surface area contributed by atoms with E-state index in [1.54, 1.807) is 6.07 Å². The van der Waals surface area contributed by atoms with E-state index in [1.807, 2.05) is 44.2 Å². The van der Waals surface area contributed by atoms with Crippen LogP contribution in [0.4, 0.5) is 0 Å². The number of halogens is 2. The fourth-order valence-electron chi connectivity index (χ4n) is 2.07. The maximum atomic E-state index is 10.5.